The van der Waals surface area contributed by atoms with E-state index in [0.717, 1.165) is 25.9 Å². The highest BCUT2D eigenvalue weighted by molar-refractivity contribution is 5.84. The summed E-state index contributed by atoms with van der Waals surface area (Å²) < 4.78 is 0. The first-order valence-electron chi connectivity index (χ1n) is 7.25. The minimum Gasteiger partial charge on any atom is -0.361 e. The van der Waals surface area contributed by atoms with Crippen molar-refractivity contribution in [2.45, 2.75) is 32.1 Å². The Kier molecular flexibility index (Phi) is 3.07. The quantitative estimate of drug-likeness (QED) is 0.873. The molecule has 1 heterocycles. The molecular formula is C17H21N3. The van der Waals surface area contributed by atoms with Crippen LogP contribution in [0.15, 0.2) is 30.5 Å². The number of hydrogen-bond donors (Lipinski definition) is 2. The van der Waals surface area contributed by atoms with Gasteiger partial charge in [-0.25, -0.2) is 0 Å². The van der Waals surface area contributed by atoms with E-state index < -0.39 is 0 Å². The maximum Gasteiger partial charge on any atom is 0.0703 e. The van der Waals surface area contributed by atoms with Crippen LogP contribution in [0.2, 0.25) is 0 Å². The van der Waals surface area contributed by atoms with Gasteiger partial charge >= 0.3 is 0 Å². The minimum atomic E-state index is -0.0731. The van der Waals surface area contributed by atoms with Gasteiger partial charge in [-0.15, -0.1) is 0 Å². The van der Waals surface area contributed by atoms with E-state index >= 15 is 0 Å². The van der Waals surface area contributed by atoms with E-state index in [2.05, 4.69) is 60.7 Å². The summed E-state index contributed by atoms with van der Waals surface area (Å²) in [4.78, 5) is 3.34. The van der Waals surface area contributed by atoms with E-state index in [4.69, 9.17) is 5.26 Å². The lowest BCUT2D eigenvalue weighted by Gasteiger charge is -2.25. The summed E-state index contributed by atoms with van der Waals surface area (Å²) in [5.74, 6) is 0. The van der Waals surface area contributed by atoms with E-state index in [1.807, 2.05) is 0 Å². The highest BCUT2D eigenvalue weighted by atomic mass is 14.9. The van der Waals surface area contributed by atoms with Crippen molar-refractivity contribution in [2.24, 2.45) is 5.41 Å². The molecule has 0 spiro atoms. The van der Waals surface area contributed by atoms with Crippen LogP contribution in [0.1, 0.15) is 32.3 Å². The zero-order chi connectivity index (χ0) is 14.2. The van der Waals surface area contributed by atoms with Crippen molar-refractivity contribution >= 4 is 10.9 Å². The number of rotatable bonds is 5. The van der Waals surface area contributed by atoms with Crippen molar-refractivity contribution in [1.29, 1.82) is 5.26 Å². The van der Waals surface area contributed by atoms with Gasteiger partial charge in [0.25, 0.3) is 0 Å². The first kappa shape index (κ1) is 13.2. The number of aromatic amines is 1. The second-order valence-corrected chi connectivity index (χ2v) is 6.63. The maximum atomic E-state index is 9.12. The first-order valence-corrected chi connectivity index (χ1v) is 7.25. The molecule has 20 heavy (non-hydrogen) atoms. The number of benzene rings is 1. The normalized spacial score (nSPS) is 17.1. The summed E-state index contributed by atoms with van der Waals surface area (Å²) in [6, 6.07) is 10.8. The Bertz CT molecular complexity index is 656. The fourth-order valence-electron chi connectivity index (χ4n) is 2.82. The van der Waals surface area contributed by atoms with Crippen molar-refractivity contribution in [2.75, 3.05) is 13.1 Å². The molecule has 0 aliphatic heterocycles. The molecule has 1 aliphatic rings. The Hall–Kier alpha value is -1.79. The number of hydrogen-bond acceptors (Lipinski definition) is 2. The molecule has 1 fully saturated rings. The summed E-state index contributed by atoms with van der Waals surface area (Å²) >= 11 is 0. The van der Waals surface area contributed by atoms with E-state index in [-0.39, 0.29) is 10.8 Å². The highest BCUT2D eigenvalue weighted by Crippen LogP contribution is 2.44. The molecule has 1 saturated carbocycles. The van der Waals surface area contributed by atoms with E-state index in [1.54, 1.807) is 0 Å². The molecule has 0 saturated heterocycles. The van der Waals surface area contributed by atoms with Crippen LogP contribution in [-0.2, 0) is 5.41 Å². The topological polar surface area (TPSA) is 51.6 Å². The second kappa shape index (κ2) is 4.64. The molecule has 1 aliphatic carbocycles. The number of para-hydroxylation sites is 1. The summed E-state index contributed by atoms with van der Waals surface area (Å²) in [6.45, 7) is 6.21. The van der Waals surface area contributed by atoms with Crippen LogP contribution in [0.3, 0.4) is 0 Å². The van der Waals surface area contributed by atoms with Crippen molar-refractivity contribution in [3.8, 4) is 6.07 Å². The Morgan fingerprint density at radius 2 is 2.10 bits per heavy atom. The van der Waals surface area contributed by atoms with Crippen molar-refractivity contribution in [1.82, 2.24) is 10.3 Å². The second-order valence-electron chi connectivity index (χ2n) is 6.63. The van der Waals surface area contributed by atoms with Crippen molar-refractivity contribution in [3.05, 3.63) is 36.0 Å². The average Bonchev–Trinajstić information content (AvgIpc) is 3.08. The smallest absolute Gasteiger partial charge is 0.0703 e. The lowest BCUT2D eigenvalue weighted by Crippen LogP contribution is -2.35. The molecule has 0 radical (unpaired) electrons. The van der Waals surface area contributed by atoms with Gasteiger partial charge < -0.3 is 10.3 Å². The highest BCUT2D eigenvalue weighted by Gasteiger charge is 2.42. The predicted octanol–water partition coefficient (Wildman–Crippen LogP) is 3.34. The summed E-state index contributed by atoms with van der Waals surface area (Å²) in [5.41, 5.74) is 2.50. The van der Waals surface area contributed by atoms with Gasteiger partial charge in [0.15, 0.2) is 0 Å². The maximum absolute atomic E-state index is 9.12. The molecule has 1 aromatic heterocycles. The Morgan fingerprint density at radius 3 is 2.80 bits per heavy atom. The molecule has 0 atom stereocenters. The van der Waals surface area contributed by atoms with Crippen LogP contribution in [0.4, 0.5) is 0 Å². The van der Waals surface area contributed by atoms with Gasteiger partial charge in [-0.05, 0) is 24.5 Å². The molecule has 0 unspecified atom stereocenters. The SMILES string of the molecule is CC(C)(CNCC1(C#N)CC1)c1c[nH]c2ccccc12. The van der Waals surface area contributed by atoms with Crippen molar-refractivity contribution < 1.29 is 0 Å². The monoisotopic (exact) mass is 267 g/mol. The summed E-state index contributed by atoms with van der Waals surface area (Å²) in [6.07, 6.45) is 4.21. The lowest BCUT2D eigenvalue weighted by atomic mass is 9.84. The third-order valence-electron chi connectivity index (χ3n) is 4.44. The fourth-order valence-corrected chi connectivity index (χ4v) is 2.82. The van der Waals surface area contributed by atoms with Gasteiger partial charge in [0.05, 0.1) is 11.5 Å². The third-order valence-corrected chi connectivity index (χ3v) is 4.44. The molecular weight excluding hydrogens is 246 g/mol. The Morgan fingerprint density at radius 1 is 1.35 bits per heavy atom. The first-order chi connectivity index (χ1) is 9.56. The molecule has 0 bridgehead atoms. The van der Waals surface area contributed by atoms with Crippen LogP contribution >= 0.6 is 0 Å². The number of nitriles is 1. The summed E-state index contributed by atoms with van der Waals surface area (Å²) in [7, 11) is 0. The molecule has 104 valence electrons. The molecule has 3 nitrogen and oxygen atoms in total. The standard InChI is InChI=1S/C17H21N3/c1-16(2,11-19-12-17(10-18)7-8-17)14-9-20-15-6-4-3-5-13(14)15/h3-6,9,19-20H,7-8,11-12H2,1-2H3. The third kappa shape index (κ3) is 2.32. The van der Waals surface area contributed by atoms with E-state index in [0.29, 0.717) is 0 Å². The number of nitrogens with zero attached hydrogens (tertiary/aromatic N) is 1. The molecule has 2 aromatic rings. The molecule has 3 heteroatoms. The lowest BCUT2D eigenvalue weighted by molar-refractivity contribution is 0.445. The van der Waals surface area contributed by atoms with Crippen LogP contribution in [0, 0.1) is 16.7 Å². The van der Waals surface area contributed by atoms with E-state index in [1.165, 1.54) is 16.5 Å². The number of fused-ring (bicyclic) bond motifs is 1. The summed E-state index contributed by atoms with van der Waals surface area (Å²) in [5, 5.41) is 13.9. The Balaban J connectivity index is 1.73. The van der Waals surface area contributed by atoms with Gasteiger partial charge in [-0.3, -0.25) is 0 Å². The van der Waals surface area contributed by atoms with Crippen molar-refractivity contribution in [3.63, 3.8) is 0 Å². The minimum absolute atomic E-state index is 0.0468. The number of H-pyrrole nitrogens is 1. The van der Waals surface area contributed by atoms with Gasteiger partial charge in [0.1, 0.15) is 0 Å². The van der Waals surface area contributed by atoms with Crippen LogP contribution < -0.4 is 5.32 Å². The predicted molar refractivity (Wildman–Crippen MR) is 81.5 cm³/mol. The molecule has 2 N–H and O–H groups in total. The average molecular weight is 267 g/mol. The van der Waals surface area contributed by atoms with Crippen LogP contribution in [0.25, 0.3) is 10.9 Å². The van der Waals surface area contributed by atoms with Crippen LogP contribution in [0.5, 0.6) is 0 Å². The van der Waals surface area contributed by atoms with Gasteiger partial charge in [-0.2, -0.15) is 5.26 Å². The number of aromatic nitrogens is 1. The fraction of sp³-hybridized carbons (Fsp3) is 0.471. The van der Waals surface area contributed by atoms with Crippen LogP contribution in [-0.4, -0.2) is 18.1 Å². The zero-order valence-electron chi connectivity index (χ0n) is 12.2. The van der Waals surface area contributed by atoms with E-state index in [9.17, 15) is 0 Å². The van der Waals surface area contributed by atoms with Gasteiger partial charge in [0, 0.05) is 35.6 Å². The number of nitrogens with one attached hydrogen (secondary N) is 2. The molecule has 1 aromatic carbocycles. The van der Waals surface area contributed by atoms with Gasteiger partial charge in [0.2, 0.25) is 0 Å². The zero-order valence-corrected chi connectivity index (χ0v) is 12.2. The largest absolute Gasteiger partial charge is 0.361 e. The van der Waals surface area contributed by atoms with Gasteiger partial charge in [-0.1, -0.05) is 32.0 Å². The molecule has 3 rings (SSSR count). The Labute approximate surface area is 120 Å². The molecule has 0 amide bonds.